The molecule has 1 saturated heterocycles. The second-order valence-corrected chi connectivity index (χ2v) is 5.51. The van der Waals surface area contributed by atoms with Crippen molar-refractivity contribution in [1.82, 2.24) is 5.32 Å². The minimum atomic E-state index is -0.248. The SMILES string of the molecule is Cc1c(F)cccc1N1CCCC(NC2CC2)C1=O. The lowest BCUT2D eigenvalue weighted by molar-refractivity contribution is -0.121. The van der Waals surface area contributed by atoms with Crippen molar-refractivity contribution in [3.8, 4) is 0 Å². The molecule has 19 heavy (non-hydrogen) atoms. The highest BCUT2D eigenvalue weighted by Gasteiger charge is 2.34. The van der Waals surface area contributed by atoms with E-state index in [1.807, 2.05) is 6.07 Å². The molecule has 1 aliphatic heterocycles. The van der Waals surface area contributed by atoms with E-state index >= 15 is 0 Å². The summed E-state index contributed by atoms with van der Waals surface area (Å²) in [7, 11) is 0. The molecule has 0 radical (unpaired) electrons. The van der Waals surface area contributed by atoms with E-state index in [4.69, 9.17) is 0 Å². The highest BCUT2D eigenvalue weighted by atomic mass is 19.1. The van der Waals surface area contributed by atoms with Crippen molar-refractivity contribution in [2.45, 2.75) is 44.7 Å². The number of nitrogens with zero attached hydrogens (tertiary/aromatic N) is 1. The molecule has 3 rings (SSSR count). The third-order valence-electron chi connectivity index (χ3n) is 3.98. The van der Waals surface area contributed by atoms with Gasteiger partial charge in [0.15, 0.2) is 0 Å². The summed E-state index contributed by atoms with van der Waals surface area (Å²) < 4.78 is 13.6. The molecule has 0 spiro atoms. The highest BCUT2D eigenvalue weighted by Crippen LogP contribution is 2.28. The number of rotatable bonds is 3. The summed E-state index contributed by atoms with van der Waals surface area (Å²) in [5, 5.41) is 3.39. The third kappa shape index (κ3) is 2.50. The van der Waals surface area contributed by atoms with E-state index in [1.165, 1.54) is 18.9 Å². The van der Waals surface area contributed by atoms with Crippen LogP contribution in [0.15, 0.2) is 18.2 Å². The normalized spacial score (nSPS) is 23.8. The number of carbonyl (C=O) groups excluding carboxylic acids is 1. The molecule has 3 nitrogen and oxygen atoms in total. The van der Waals surface area contributed by atoms with E-state index in [2.05, 4.69) is 5.32 Å². The van der Waals surface area contributed by atoms with Crippen molar-refractivity contribution in [2.75, 3.05) is 11.4 Å². The number of amides is 1. The minimum Gasteiger partial charge on any atom is -0.311 e. The van der Waals surface area contributed by atoms with Crippen molar-refractivity contribution in [2.24, 2.45) is 0 Å². The van der Waals surface area contributed by atoms with Gasteiger partial charge in [-0.1, -0.05) is 6.07 Å². The Morgan fingerprint density at radius 1 is 1.32 bits per heavy atom. The van der Waals surface area contributed by atoms with Crippen LogP contribution in [0.2, 0.25) is 0 Å². The van der Waals surface area contributed by atoms with Crippen molar-refractivity contribution in [3.05, 3.63) is 29.6 Å². The van der Waals surface area contributed by atoms with Gasteiger partial charge in [-0.2, -0.15) is 0 Å². The Morgan fingerprint density at radius 3 is 2.84 bits per heavy atom. The maximum absolute atomic E-state index is 13.6. The number of hydrogen-bond acceptors (Lipinski definition) is 2. The minimum absolute atomic E-state index is 0.0897. The quantitative estimate of drug-likeness (QED) is 0.907. The van der Waals surface area contributed by atoms with Gasteiger partial charge in [0.25, 0.3) is 0 Å². The van der Waals surface area contributed by atoms with Crippen LogP contribution < -0.4 is 10.2 Å². The molecule has 1 aromatic rings. The Morgan fingerprint density at radius 2 is 2.11 bits per heavy atom. The van der Waals surface area contributed by atoms with Crippen LogP contribution in [0.4, 0.5) is 10.1 Å². The first kappa shape index (κ1) is 12.6. The van der Waals surface area contributed by atoms with Crippen LogP contribution in [0, 0.1) is 12.7 Å². The molecule has 1 atom stereocenters. The fraction of sp³-hybridized carbons (Fsp3) is 0.533. The van der Waals surface area contributed by atoms with Gasteiger partial charge in [0.1, 0.15) is 5.82 Å². The largest absolute Gasteiger partial charge is 0.311 e. The maximum atomic E-state index is 13.6. The molecule has 1 amide bonds. The van der Waals surface area contributed by atoms with Crippen LogP contribution in [0.3, 0.4) is 0 Å². The molecule has 1 unspecified atom stereocenters. The van der Waals surface area contributed by atoms with Crippen LogP contribution in [-0.2, 0) is 4.79 Å². The van der Waals surface area contributed by atoms with Gasteiger partial charge in [-0.25, -0.2) is 4.39 Å². The van der Waals surface area contributed by atoms with Gasteiger partial charge in [-0.05, 0) is 44.7 Å². The van der Waals surface area contributed by atoms with Gasteiger partial charge >= 0.3 is 0 Å². The molecule has 1 saturated carbocycles. The fourth-order valence-electron chi connectivity index (χ4n) is 2.69. The Bertz CT molecular complexity index is 499. The van der Waals surface area contributed by atoms with Crippen molar-refractivity contribution in [1.29, 1.82) is 0 Å². The van der Waals surface area contributed by atoms with Crippen molar-refractivity contribution in [3.63, 3.8) is 0 Å². The second-order valence-electron chi connectivity index (χ2n) is 5.51. The summed E-state index contributed by atoms with van der Waals surface area (Å²) in [6.07, 6.45) is 4.19. The summed E-state index contributed by atoms with van der Waals surface area (Å²) in [6.45, 7) is 2.42. The first-order valence-electron chi connectivity index (χ1n) is 6.99. The summed E-state index contributed by atoms with van der Waals surface area (Å²) >= 11 is 0. The molecule has 2 aliphatic rings. The van der Waals surface area contributed by atoms with E-state index in [1.54, 1.807) is 17.9 Å². The molecule has 1 aliphatic carbocycles. The van der Waals surface area contributed by atoms with Crippen LogP contribution in [0.5, 0.6) is 0 Å². The predicted molar refractivity (Wildman–Crippen MR) is 72.7 cm³/mol. The Kier molecular flexibility index (Phi) is 3.27. The number of nitrogens with one attached hydrogen (secondary N) is 1. The Labute approximate surface area is 112 Å². The topological polar surface area (TPSA) is 32.3 Å². The van der Waals surface area contributed by atoms with E-state index in [9.17, 15) is 9.18 Å². The molecule has 1 aromatic carbocycles. The first-order valence-corrected chi connectivity index (χ1v) is 6.99. The van der Waals surface area contributed by atoms with Crippen LogP contribution >= 0.6 is 0 Å². The maximum Gasteiger partial charge on any atom is 0.244 e. The number of anilines is 1. The van der Waals surface area contributed by atoms with Crippen molar-refractivity contribution < 1.29 is 9.18 Å². The van der Waals surface area contributed by atoms with Crippen molar-refractivity contribution >= 4 is 11.6 Å². The lowest BCUT2D eigenvalue weighted by atomic mass is 10.0. The smallest absolute Gasteiger partial charge is 0.244 e. The average molecular weight is 262 g/mol. The van der Waals surface area contributed by atoms with Gasteiger partial charge < -0.3 is 10.2 Å². The van der Waals surface area contributed by atoms with Gasteiger partial charge in [0.05, 0.1) is 6.04 Å². The monoisotopic (exact) mass is 262 g/mol. The Balaban J connectivity index is 1.82. The molecule has 1 heterocycles. The van der Waals surface area contributed by atoms with Gasteiger partial charge in [-0.15, -0.1) is 0 Å². The standard InChI is InChI=1S/C15H19FN2O/c1-10-12(16)4-2-6-14(10)18-9-3-5-13(15(18)19)17-11-7-8-11/h2,4,6,11,13,17H,3,5,7-9H2,1H3. The van der Waals surface area contributed by atoms with E-state index in [0.717, 1.165) is 12.8 Å². The number of carbonyl (C=O) groups is 1. The zero-order chi connectivity index (χ0) is 13.4. The second kappa shape index (κ2) is 4.93. The summed E-state index contributed by atoms with van der Waals surface area (Å²) in [6, 6.07) is 5.36. The van der Waals surface area contributed by atoms with Crippen LogP contribution in [-0.4, -0.2) is 24.5 Å². The zero-order valence-electron chi connectivity index (χ0n) is 11.2. The molecule has 102 valence electrons. The molecule has 0 bridgehead atoms. The number of piperidine rings is 1. The molecule has 4 heteroatoms. The average Bonchev–Trinajstić information content (AvgIpc) is 3.20. The summed E-state index contributed by atoms with van der Waals surface area (Å²) in [5.41, 5.74) is 1.27. The van der Waals surface area contributed by atoms with E-state index in [-0.39, 0.29) is 17.8 Å². The molecular weight excluding hydrogens is 243 g/mol. The first-order chi connectivity index (χ1) is 9.16. The zero-order valence-corrected chi connectivity index (χ0v) is 11.2. The van der Waals surface area contributed by atoms with Crippen LogP contribution in [0.1, 0.15) is 31.2 Å². The van der Waals surface area contributed by atoms with Gasteiger partial charge in [-0.3, -0.25) is 4.79 Å². The van der Waals surface area contributed by atoms with Gasteiger partial charge in [0, 0.05) is 23.8 Å². The molecule has 2 fully saturated rings. The predicted octanol–water partition coefficient (Wildman–Crippen LogP) is 2.38. The molecule has 0 aromatic heterocycles. The van der Waals surface area contributed by atoms with E-state index < -0.39 is 0 Å². The Hall–Kier alpha value is -1.42. The number of hydrogen-bond donors (Lipinski definition) is 1. The number of benzene rings is 1. The summed E-state index contributed by atoms with van der Waals surface area (Å²) in [5.74, 6) is -0.158. The highest BCUT2D eigenvalue weighted by molar-refractivity contribution is 5.98. The summed E-state index contributed by atoms with van der Waals surface area (Å²) in [4.78, 5) is 14.2. The lowest BCUT2D eigenvalue weighted by Crippen LogP contribution is -2.51. The number of halogens is 1. The van der Waals surface area contributed by atoms with Crippen LogP contribution in [0.25, 0.3) is 0 Å². The molecule has 1 N–H and O–H groups in total. The third-order valence-corrected chi connectivity index (χ3v) is 3.98. The van der Waals surface area contributed by atoms with E-state index in [0.29, 0.717) is 23.8 Å². The fourth-order valence-corrected chi connectivity index (χ4v) is 2.69. The van der Waals surface area contributed by atoms with Gasteiger partial charge in [0.2, 0.25) is 5.91 Å². The lowest BCUT2D eigenvalue weighted by Gasteiger charge is -2.33. The molecular formula is C15H19FN2O.